The number of aryl methyl sites for hydroxylation is 4. The number of carbonyl (C=O) groups is 2. The number of hydrogen-bond donors (Lipinski definition) is 1. The summed E-state index contributed by atoms with van der Waals surface area (Å²) in [6.45, 7) is 5.63. The van der Waals surface area contributed by atoms with Crippen LogP contribution in [0.1, 0.15) is 57.4 Å². The van der Waals surface area contributed by atoms with Gasteiger partial charge in [-0.2, -0.15) is 5.10 Å². The van der Waals surface area contributed by atoms with E-state index in [4.69, 9.17) is 0 Å². The van der Waals surface area contributed by atoms with Crippen LogP contribution >= 0.6 is 0 Å². The van der Waals surface area contributed by atoms with E-state index in [-0.39, 0.29) is 29.3 Å². The van der Waals surface area contributed by atoms with E-state index in [9.17, 15) is 14.7 Å². The number of phenols is 1. The number of aromatic nitrogens is 2. The molecule has 0 bridgehead atoms. The van der Waals surface area contributed by atoms with Gasteiger partial charge in [0.25, 0.3) is 0 Å². The Morgan fingerprint density at radius 3 is 2.52 bits per heavy atom. The number of benzene rings is 1. The zero-order chi connectivity index (χ0) is 17.1. The molecule has 0 aliphatic heterocycles. The summed E-state index contributed by atoms with van der Waals surface area (Å²) in [7, 11) is 1.70. The molecule has 5 heteroatoms. The standard InChI is InChI=1S/C18H22N2O3/c1-5-6-13-9-15(20(4)19-13)17(22)10-16(21)14-8-11(2)7-12(3)18(14)23/h7-9,23H,5-6,10H2,1-4H3. The van der Waals surface area contributed by atoms with Crippen molar-refractivity contribution in [1.82, 2.24) is 9.78 Å². The van der Waals surface area contributed by atoms with Crippen molar-refractivity contribution in [3.63, 3.8) is 0 Å². The Hall–Kier alpha value is -2.43. The summed E-state index contributed by atoms with van der Waals surface area (Å²) >= 11 is 0. The molecule has 0 spiro atoms. The maximum absolute atomic E-state index is 12.4. The highest BCUT2D eigenvalue weighted by molar-refractivity contribution is 6.14. The Morgan fingerprint density at radius 1 is 1.17 bits per heavy atom. The molecule has 0 saturated carbocycles. The van der Waals surface area contributed by atoms with Crippen molar-refractivity contribution in [1.29, 1.82) is 0 Å². The van der Waals surface area contributed by atoms with Gasteiger partial charge in [0.05, 0.1) is 17.7 Å². The molecule has 2 rings (SSSR count). The third-order valence-corrected chi connectivity index (χ3v) is 3.79. The molecule has 0 amide bonds. The number of hydrogen-bond acceptors (Lipinski definition) is 4. The molecule has 2 aromatic rings. The van der Waals surface area contributed by atoms with Crippen LogP contribution in [0.2, 0.25) is 0 Å². The molecule has 23 heavy (non-hydrogen) atoms. The normalized spacial score (nSPS) is 10.8. The van der Waals surface area contributed by atoms with Crippen molar-refractivity contribution in [3.8, 4) is 5.75 Å². The van der Waals surface area contributed by atoms with Gasteiger partial charge < -0.3 is 5.11 Å². The summed E-state index contributed by atoms with van der Waals surface area (Å²) in [4.78, 5) is 24.8. The van der Waals surface area contributed by atoms with Crippen LogP contribution < -0.4 is 0 Å². The van der Waals surface area contributed by atoms with Crippen LogP contribution in [0.3, 0.4) is 0 Å². The Morgan fingerprint density at radius 2 is 1.87 bits per heavy atom. The summed E-state index contributed by atoms with van der Waals surface area (Å²) in [6.07, 6.45) is 1.47. The fraction of sp³-hybridized carbons (Fsp3) is 0.389. The zero-order valence-corrected chi connectivity index (χ0v) is 14.0. The molecular formula is C18H22N2O3. The number of aromatic hydroxyl groups is 1. The molecule has 0 aliphatic rings. The average Bonchev–Trinajstić information content (AvgIpc) is 2.84. The zero-order valence-electron chi connectivity index (χ0n) is 14.0. The van der Waals surface area contributed by atoms with Crippen LogP contribution in [0.4, 0.5) is 0 Å². The van der Waals surface area contributed by atoms with Gasteiger partial charge in [0.1, 0.15) is 11.4 Å². The predicted molar refractivity (Wildman–Crippen MR) is 88.1 cm³/mol. The first-order chi connectivity index (χ1) is 10.8. The van der Waals surface area contributed by atoms with Gasteiger partial charge in [-0.3, -0.25) is 14.3 Å². The highest BCUT2D eigenvalue weighted by atomic mass is 16.3. The molecule has 1 aromatic heterocycles. The third kappa shape index (κ3) is 3.67. The van der Waals surface area contributed by atoms with Gasteiger partial charge in [0.15, 0.2) is 11.6 Å². The van der Waals surface area contributed by atoms with E-state index in [2.05, 4.69) is 5.10 Å². The van der Waals surface area contributed by atoms with Crippen LogP contribution in [-0.2, 0) is 13.5 Å². The third-order valence-electron chi connectivity index (χ3n) is 3.79. The van der Waals surface area contributed by atoms with Crippen molar-refractivity contribution >= 4 is 11.6 Å². The van der Waals surface area contributed by atoms with Crippen molar-refractivity contribution in [2.75, 3.05) is 0 Å². The van der Waals surface area contributed by atoms with Gasteiger partial charge in [0.2, 0.25) is 0 Å². The molecule has 0 aliphatic carbocycles. The number of nitrogens with zero attached hydrogens (tertiary/aromatic N) is 2. The van der Waals surface area contributed by atoms with E-state index in [1.165, 1.54) is 4.68 Å². The van der Waals surface area contributed by atoms with E-state index >= 15 is 0 Å². The molecule has 122 valence electrons. The SMILES string of the molecule is CCCc1cc(C(=O)CC(=O)c2cc(C)cc(C)c2O)n(C)n1. The molecule has 0 radical (unpaired) electrons. The number of phenolic OH excluding ortho intramolecular Hbond substituents is 1. The Kier molecular flexibility index (Phi) is 4.98. The lowest BCUT2D eigenvalue weighted by molar-refractivity contribution is 0.0888. The second kappa shape index (κ2) is 6.77. The van der Waals surface area contributed by atoms with E-state index in [0.717, 1.165) is 24.1 Å². The largest absolute Gasteiger partial charge is 0.507 e. The number of ketones is 2. The van der Waals surface area contributed by atoms with E-state index in [0.29, 0.717) is 11.3 Å². The van der Waals surface area contributed by atoms with Gasteiger partial charge >= 0.3 is 0 Å². The summed E-state index contributed by atoms with van der Waals surface area (Å²) in [5.41, 5.74) is 2.98. The van der Waals surface area contributed by atoms with Crippen molar-refractivity contribution in [2.45, 2.75) is 40.0 Å². The van der Waals surface area contributed by atoms with Crippen LogP contribution in [0.15, 0.2) is 18.2 Å². The number of rotatable bonds is 6. The van der Waals surface area contributed by atoms with E-state index in [1.807, 2.05) is 13.8 Å². The molecule has 0 atom stereocenters. The van der Waals surface area contributed by atoms with Crippen molar-refractivity contribution < 1.29 is 14.7 Å². The minimum absolute atomic E-state index is 0.0509. The van der Waals surface area contributed by atoms with Gasteiger partial charge in [-0.05, 0) is 43.5 Å². The second-order valence-corrected chi connectivity index (χ2v) is 5.90. The minimum atomic E-state index is -0.377. The lowest BCUT2D eigenvalue weighted by Crippen LogP contribution is -2.13. The summed E-state index contributed by atoms with van der Waals surface area (Å²) in [6, 6.07) is 5.15. The second-order valence-electron chi connectivity index (χ2n) is 5.90. The van der Waals surface area contributed by atoms with Gasteiger partial charge in [0, 0.05) is 7.05 Å². The van der Waals surface area contributed by atoms with Crippen molar-refractivity contribution in [2.24, 2.45) is 7.05 Å². The molecular weight excluding hydrogens is 292 g/mol. The molecule has 1 N–H and O–H groups in total. The highest BCUT2D eigenvalue weighted by Gasteiger charge is 2.20. The van der Waals surface area contributed by atoms with Gasteiger partial charge in [-0.25, -0.2) is 0 Å². The maximum Gasteiger partial charge on any atom is 0.188 e. The predicted octanol–water partition coefficient (Wildman–Crippen LogP) is 3.15. The van der Waals surface area contributed by atoms with Crippen LogP contribution in [0.5, 0.6) is 5.75 Å². The van der Waals surface area contributed by atoms with E-state index in [1.54, 1.807) is 32.2 Å². The van der Waals surface area contributed by atoms with Gasteiger partial charge in [-0.1, -0.05) is 19.4 Å². The highest BCUT2D eigenvalue weighted by Crippen LogP contribution is 2.25. The average molecular weight is 314 g/mol. The quantitative estimate of drug-likeness (QED) is 0.656. The first-order valence-electron chi connectivity index (χ1n) is 7.73. The molecule has 0 unspecified atom stereocenters. The maximum atomic E-state index is 12.4. The molecule has 5 nitrogen and oxygen atoms in total. The van der Waals surface area contributed by atoms with E-state index < -0.39 is 0 Å². The minimum Gasteiger partial charge on any atom is -0.507 e. The number of Topliss-reactive ketones (excluding diaryl/α,β-unsaturated/α-hetero) is 2. The van der Waals surface area contributed by atoms with Crippen LogP contribution in [0, 0.1) is 13.8 Å². The fourth-order valence-corrected chi connectivity index (χ4v) is 2.67. The Bertz CT molecular complexity index is 760. The first kappa shape index (κ1) is 16.9. The lowest BCUT2D eigenvalue weighted by atomic mass is 9.99. The molecule has 1 aromatic carbocycles. The van der Waals surface area contributed by atoms with Crippen LogP contribution in [0.25, 0.3) is 0 Å². The first-order valence-corrected chi connectivity index (χ1v) is 7.73. The van der Waals surface area contributed by atoms with Crippen molar-refractivity contribution in [3.05, 3.63) is 46.3 Å². The van der Waals surface area contributed by atoms with Crippen LogP contribution in [-0.4, -0.2) is 26.5 Å². The molecule has 0 fully saturated rings. The fourth-order valence-electron chi connectivity index (χ4n) is 2.67. The lowest BCUT2D eigenvalue weighted by Gasteiger charge is -2.08. The smallest absolute Gasteiger partial charge is 0.188 e. The summed E-state index contributed by atoms with van der Waals surface area (Å²) < 4.78 is 1.52. The summed E-state index contributed by atoms with van der Waals surface area (Å²) in [5, 5.41) is 14.3. The summed E-state index contributed by atoms with van der Waals surface area (Å²) in [5.74, 6) is -0.714. The topological polar surface area (TPSA) is 72.2 Å². The Labute approximate surface area is 135 Å². The monoisotopic (exact) mass is 314 g/mol. The molecule has 0 saturated heterocycles. The number of carbonyl (C=O) groups excluding carboxylic acids is 2. The molecule has 1 heterocycles. The Balaban J connectivity index is 2.22. The van der Waals surface area contributed by atoms with Gasteiger partial charge in [-0.15, -0.1) is 0 Å².